The number of benzene rings is 1. The van der Waals surface area contributed by atoms with Gasteiger partial charge in [0, 0.05) is 13.5 Å². The van der Waals surface area contributed by atoms with Gasteiger partial charge in [-0.15, -0.1) is 0 Å². The minimum atomic E-state index is -1.81. The van der Waals surface area contributed by atoms with Gasteiger partial charge in [-0.3, -0.25) is 4.90 Å². The number of hydrogen-bond donors (Lipinski definition) is 1. The highest BCUT2D eigenvalue weighted by atomic mass is 19.1. The summed E-state index contributed by atoms with van der Waals surface area (Å²) in [6, 6.07) is 6.49. The van der Waals surface area contributed by atoms with E-state index in [-0.39, 0.29) is 18.3 Å². The first-order valence-corrected chi connectivity index (χ1v) is 11.5. The summed E-state index contributed by atoms with van der Waals surface area (Å²) in [5.41, 5.74) is -0.580. The molecule has 8 heteroatoms. The zero-order valence-electron chi connectivity index (χ0n) is 21.9. The zero-order valence-corrected chi connectivity index (χ0v) is 21.9. The lowest BCUT2D eigenvalue weighted by atomic mass is 9.86. The number of amides is 1. The van der Waals surface area contributed by atoms with Crippen LogP contribution in [-0.2, 0) is 30.9 Å². The molecule has 192 valence electrons. The molecule has 0 aliphatic carbocycles. The summed E-state index contributed by atoms with van der Waals surface area (Å²) in [4.78, 5) is 38.1. The van der Waals surface area contributed by atoms with Gasteiger partial charge in [-0.25, -0.2) is 18.8 Å². The molecule has 0 aliphatic heterocycles. The Morgan fingerprint density at radius 2 is 1.53 bits per heavy atom. The fourth-order valence-corrected chi connectivity index (χ4v) is 3.22. The second kappa shape index (κ2) is 11.2. The average Bonchev–Trinajstić information content (AvgIpc) is 2.66. The molecule has 0 bridgehead atoms. The Morgan fingerprint density at radius 1 is 1.00 bits per heavy atom. The summed E-state index contributed by atoms with van der Waals surface area (Å²) in [6.07, 6.45) is -2.23. The minimum absolute atomic E-state index is 0.00294. The van der Waals surface area contributed by atoms with E-state index in [4.69, 9.17) is 9.47 Å². The Kier molecular flexibility index (Phi) is 9.67. The van der Waals surface area contributed by atoms with Crippen LogP contribution in [0.4, 0.5) is 9.18 Å². The van der Waals surface area contributed by atoms with E-state index in [0.717, 1.165) is 16.0 Å². The first-order valence-electron chi connectivity index (χ1n) is 11.5. The minimum Gasteiger partial charge on any atom is -0.479 e. The lowest BCUT2D eigenvalue weighted by Crippen LogP contribution is -2.49. The molecule has 1 aromatic carbocycles. The SMILES string of the molecule is CN(C(=O)OC(C)(C)C)[C@@H](CC(C)(C)F)C(=O)O[C@H](CCc1ccc(C(C)(C)C)cc1)C(=O)O. The van der Waals surface area contributed by atoms with Gasteiger partial charge in [-0.2, -0.15) is 0 Å². The number of esters is 1. The summed E-state index contributed by atoms with van der Waals surface area (Å²) in [5, 5.41) is 9.61. The number of likely N-dealkylation sites (N-methyl/N-ethyl adjacent to an activating group) is 1. The molecule has 0 saturated carbocycles. The molecule has 1 amide bonds. The van der Waals surface area contributed by atoms with Crippen LogP contribution in [-0.4, -0.2) is 58.5 Å². The molecule has 0 radical (unpaired) electrons. The smallest absolute Gasteiger partial charge is 0.410 e. The predicted molar refractivity (Wildman–Crippen MR) is 129 cm³/mol. The Balaban J connectivity index is 2.97. The van der Waals surface area contributed by atoms with Crippen LogP contribution in [0.15, 0.2) is 24.3 Å². The third-order valence-electron chi connectivity index (χ3n) is 5.15. The van der Waals surface area contributed by atoms with Crippen molar-refractivity contribution in [2.24, 2.45) is 0 Å². The molecule has 1 N–H and O–H groups in total. The number of carbonyl (C=O) groups is 3. The first-order chi connectivity index (χ1) is 15.3. The van der Waals surface area contributed by atoms with Crippen LogP contribution in [0.5, 0.6) is 0 Å². The van der Waals surface area contributed by atoms with Gasteiger partial charge in [0.05, 0.1) is 0 Å². The summed E-state index contributed by atoms with van der Waals surface area (Å²) in [7, 11) is 1.30. The number of ether oxygens (including phenoxy) is 2. The quantitative estimate of drug-likeness (QED) is 0.482. The summed E-state index contributed by atoms with van der Waals surface area (Å²) in [6.45, 7) is 13.8. The van der Waals surface area contributed by atoms with Crippen molar-refractivity contribution >= 4 is 18.0 Å². The van der Waals surface area contributed by atoms with Crippen molar-refractivity contribution in [3.05, 3.63) is 35.4 Å². The van der Waals surface area contributed by atoms with E-state index in [2.05, 4.69) is 20.8 Å². The Labute approximate surface area is 202 Å². The second-order valence-corrected chi connectivity index (χ2v) is 11.3. The standard InChI is InChI=1S/C26H40FNO6/c1-24(2,3)18-13-10-17(11-14-18)12-15-20(21(29)30)33-22(31)19(16-26(7,8)27)28(9)23(32)34-25(4,5)6/h10-11,13-14,19-20H,12,15-16H2,1-9H3,(H,29,30)/t19-,20+/m0/s1. The van der Waals surface area contributed by atoms with Crippen molar-refractivity contribution in [2.75, 3.05) is 7.05 Å². The van der Waals surface area contributed by atoms with Gasteiger partial charge in [0.15, 0.2) is 6.10 Å². The van der Waals surface area contributed by atoms with E-state index in [9.17, 15) is 23.9 Å². The lowest BCUT2D eigenvalue weighted by Gasteiger charge is -2.32. The number of aryl methyl sites for hydroxylation is 1. The van der Waals surface area contributed by atoms with Crippen LogP contribution < -0.4 is 0 Å². The van der Waals surface area contributed by atoms with Crippen LogP contribution >= 0.6 is 0 Å². The van der Waals surface area contributed by atoms with E-state index in [1.54, 1.807) is 20.8 Å². The maximum absolute atomic E-state index is 14.4. The summed E-state index contributed by atoms with van der Waals surface area (Å²) >= 11 is 0. The molecule has 0 unspecified atom stereocenters. The van der Waals surface area contributed by atoms with Gasteiger partial charge in [0.25, 0.3) is 0 Å². The second-order valence-electron chi connectivity index (χ2n) is 11.3. The molecule has 1 aromatic rings. The maximum atomic E-state index is 14.4. The van der Waals surface area contributed by atoms with Crippen molar-refractivity contribution in [3.8, 4) is 0 Å². The molecule has 0 aromatic heterocycles. The molecular weight excluding hydrogens is 441 g/mol. The van der Waals surface area contributed by atoms with E-state index in [0.29, 0.717) is 6.42 Å². The van der Waals surface area contributed by atoms with Crippen molar-refractivity contribution < 1.29 is 33.4 Å². The van der Waals surface area contributed by atoms with E-state index >= 15 is 0 Å². The van der Waals surface area contributed by atoms with Crippen molar-refractivity contribution in [1.82, 2.24) is 4.90 Å². The monoisotopic (exact) mass is 481 g/mol. The fraction of sp³-hybridized carbons (Fsp3) is 0.654. The van der Waals surface area contributed by atoms with Gasteiger partial charge in [-0.1, -0.05) is 45.0 Å². The third kappa shape index (κ3) is 10.1. The number of alkyl halides is 1. The van der Waals surface area contributed by atoms with Gasteiger partial charge in [0.2, 0.25) is 0 Å². The van der Waals surface area contributed by atoms with Gasteiger partial charge in [0.1, 0.15) is 17.3 Å². The van der Waals surface area contributed by atoms with E-state index in [1.807, 2.05) is 24.3 Å². The zero-order chi connectivity index (χ0) is 26.5. The predicted octanol–water partition coefficient (Wildman–Crippen LogP) is 5.29. The van der Waals surface area contributed by atoms with Crippen LogP contribution in [0.1, 0.15) is 79.4 Å². The number of carbonyl (C=O) groups excluding carboxylic acids is 2. The van der Waals surface area contributed by atoms with Crippen LogP contribution in [0.2, 0.25) is 0 Å². The van der Waals surface area contributed by atoms with Crippen molar-refractivity contribution in [2.45, 2.75) is 103 Å². The maximum Gasteiger partial charge on any atom is 0.410 e. The topological polar surface area (TPSA) is 93.1 Å². The summed E-state index contributed by atoms with van der Waals surface area (Å²) in [5.74, 6) is -2.30. The van der Waals surface area contributed by atoms with Crippen LogP contribution in [0, 0.1) is 0 Å². The number of aliphatic carboxylic acids is 1. The van der Waals surface area contributed by atoms with Gasteiger partial charge < -0.3 is 14.6 Å². The van der Waals surface area contributed by atoms with Crippen molar-refractivity contribution in [3.63, 3.8) is 0 Å². The fourth-order valence-electron chi connectivity index (χ4n) is 3.22. The highest BCUT2D eigenvalue weighted by Gasteiger charge is 2.38. The molecule has 1 rings (SSSR count). The molecule has 0 saturated heterocycles. The van der Waals surface area contributed by atoms with Crippen molar-refractivity contribution in [1.29, 1.82) is 0 Å². The molecule has 0 aliphatic rings. The Morgan fingerprint density at radius 3 is 1.94 bits per heavy atom. The van der Waals surface area contributed by atoms with Gasteiger partial charge >= 0.3 is 18.0 Å². The number of rotatable bonds is 9. The summed E-state index contributed by atoms with van der Waals surface area (Å²) < 4.78 is 25.0. The number of hydrogen-bond acceptors (Lipinski definition) is 5. The van der Waals surface area contributed by atoms with Gasteiger partial charge in [-0.05, 0) is 64.0 Å². The molecule has 34 heavy (non-hydrogen) atoms. The van der Waals surface area contributed by atoms with Crippen LogP contribution in [0.3, 0.4) is 0 Å². The highest BCUT2D eigenvalue weighted by Crippen LogP contribution is 2.24. The number of carboxylic acids is 1. The molecule has 7 nitrogen and oxygen atoms in total. The highest BCUT2D eigenvalue weighted by molar-refractivity contribution is 5.84. The lowest BCUT2D eigenvalue weighted by molar-refractivity contribution is -0.168. The average molecular weight is 482 g/mol. The molecule has 2 atom stereocenters. The number of nitrogens with zero attached hydrogens (tertiary/aromatic N) is 1. The number of halogens is 1. The molecule has 0 fully saturated rings. The van der Waals surface area contributed by atoms with E-state index in [1.165, 1.54) is 20.9 Å². The molecule has 0 heterocycles. The first kappa shape index (κ1) is 29.4. The Bertz CT molecular complexity index is 846. The number of carboxylic acid groups (broad SMARTS) is 1. The molecule has 0 spiro atoms. The third-order valence-corrected chi connectivity index (χ3v) is 5.15. The van der Waals surface area contributed by atoms with Crippen LogP contribution in [0.25, 0.3) is 0 Å². The van der Waals surface area contributed by atoms with E-state index < -0.39 is 41.4 Å². The largest absolute Gasteiger partial charge is 0.479 e. The normalized spacial score (nSPS) is 14.2. The Hall–Kier alpha value is -2.64. The molecular formula is C26H40FNO6.